The van der Waals surface area contributed by atoms with E-state index in [0.29, 0.717) is 0 Å². The molecule has 1 fully saturated rings. The van der Waals surface area contributed by atoms with Gasteiger partial charge >= 0.3 is 0 Å². The fourth-order valence-corrected chi connectivity index (χ4v) is 3.91. The fraction of sp³-hybridized carbons (Fsp3) is 0.400. The lowest BCUT2D eigenvalue weighted by molar-refractivity contribution is 0.0769. The number of pyridine rings is 1. The summed E-state index contributed by atoms with van der Waals surface area (Å²) in [5.74, 6) is 2.14. The van der Waals surface area contributed by atoms with E-state index >= 15 is 0 Å². The van der Waals surface area contributed by atoms with Crippen LogP contribution in [0.25, 0.3) is 10.8 Å². The number of nitrogens with zero attached hydrogens (tertiary/aromatic N) is 2. The average Bonchev–Trinajstić information content (AvgIpc) is 2.46. The minimum absolute atomic E-state index is 0.192. The van der Waals surface area contributed by atoms with Crippen molar-refractivity contribution >= 4 is 22.5 Å². The van der Waals surface area contributed by atoms with Crippen LogP contribution in [0.4, 0.5) is 0 Å². The Morgan fingerprint density at radius 3 is 3.16 bits per heavy atom. The Morgan fingerprint density at radius 1 is 1.42 bits per heavy atom. The molecule has 2 atom stereocenters. The highest BCUT2D eigenvalue weighted by molar-refractivity contribution is 7.99. The predicted molar refractivity (Wildman–Crippen MR) is 80.4 cm³/mol. The first kappa shape index (κ1) is 12.9. The van der Waals surface area contributed by atoms with Crippen molar-refractivity contribution in [2.75, 3.05) is 25.1 Å². The van der Waals surface area contributed by atoms with Crippen LogP contribution >= 0.6 is 11.8 Å². The Morgan fingerprint density at radius 2 is 2.32 bits per heavy atom. The molecule has 3 nitrogen and oxygen atoms in total. The maximum atomic E-state index is 10.7. The van der Waals surface area contributed by atoms with Crippen molar-refractivity contribution in [2.24, 2.45) is 0 Å². The molecule has 1 aromatic heterocycles. The van der Waals surface area contributed by atoms with Gasteiger partial charge in [0.05, 0.1) is 6.10 Å². The van der Waals surface area contributed by atoms with Crippen LogP contribution < -0.4 is 0 Å². The van der Waals surface area contributed by atoms with Crippen LogP contribution in [0.15, 0.2) is 36.7 Å². The number of aromatic nitrogens is 1. The number of aliphatic hydroxyl groups excluding tert-OH is 1. The van der Waals surface area contributed by atoms with Gasteiger partial charge in [0, 0.05) is 41.9 Å². The number of aliphatic hydroxyl groups is 1. The zero-order valence-corrected chi connectivity index (χ0v) is 11.8. The number of hydrogen-bond donors (Lipinski definition) is 1. The van der Waals surface area contributed by atoms with Gasteiger partial charge in [0.2, 0.25) is 0 Å². The van der Waals surface area contributed by atoms with Crippen LogP contribution in [0.2, 0.25) is 0 Å². The van der Waals surface area contributed by atoms with Crippen molar-refractivity contribution in [1.82, 2.24) is 9.88 Å². The van der Waals surface area contributed by atoms with Gasteiger partial charge in [0.1, 0.15) is 0 Å². The largest absolute Gasteiger partial charge is 0.387 e. The normalized spacial score (nSPS) is 22.5. The molecule has 0 spiro atoms. The minimum atomic E-state index is -0.441. The summed E-state index contributed by atoms with van der Waals surface area (Å²) >= 11 is 1.92. The number of hydrogen-bond acceptors (Lipinski definition) is 4. The van der Waals surface area contributed by atoms with Gasteiger partial charge in [-0.2, -0.15) is 11.8 Å². The second-order valence-electron chi connectivity index (χ2n) is 5.01. The van der Waals surface area contributed by atoms with Gasteiger partial charge in [-0.25, -0.2) is 0 Å². The first-order valence-electron chi connectivity index (χ1n) is 6.56. The van der Waals surface area contributed by atoms with Crippen molar-refractivity contribution in [3.05, 3.63) is 42.2 Å². The lowest BCUT2D eigenvalue weighted by Gasteiger charge is -2.35. The molecule has 0 bridgehead atoms. The maximum absolute atomic E-state index is 10.7. The van der Waals surface area contributed by atoms with Crippen molar-refractivity contribution in [2.45, 2.75) is 12.1 Å². The summed E-state index contributed by atoms with van der Waals surface area (Å²) in [4.78, 5) is 6.41. The summed E-state index contributed by atoms with van der Waals surface area (Å²) < 4.78 is 0. The van der Waals surface area contributed by atoms with Crippen molar-refractivity contribution in [3.63, 3.8) is 0 Å². The zero-order chi connectivity index (χ0) is 13.2. The molecule has 19 heavy (non-hydrogen) atoms. The first-order chi connectivity index (χ1) is 9.27. The Bertz CT molecular complexity index is 570. The molecule has 1 saturated heterocycles. The molecule has 1 N–H and O–H groups in total. The molecule has 0 radical (unpaired) electrons. The topological polar surface area (TPSA) is 36.4 Å². The second kappa shape index (κ2) is 5.49. The summed E-state index contributed by atoms with van der Waals surface area (Å²) in [5.41, 5.74) is 1.01. The Balaban J connectivity index is 1.99. The van der Waals surface area contributed by atoms with E-state index in [1.54, 1.807) is 6.20 Å². The van der Waals surface area contributed by atoms with Crippen LogP contribution in [0.1, 0.15) is 11.7 Å². The van der Waals surface area contributed by atoms with E-state index in [0.717, 1.165) is 34.4 Å². The third-order valence-corrected chi connectivity index (χ3v) is 4.89. The molecule has 0 amide bonds. The van der Waals surface area contributed by atoms with E-state index in [4.69, 9.17) is 0 Å². The monoisotopic (exact) mass is 274 g/mol. The van der Waals surface area contributed by atoms with E-state index in [1.165, 1.54) is 0 Å². The number of benzene rings is 1. The molecule has 0 saturated carbocycles. The van der Waals surface area contributed by atoms with Gasteiger partial charge in [0.25, 0.3) is 0 Å². The molecular weight excluding hydrogens is 256 g/mol. The van der Waals surface area contributed by atoms with Crippen LogP contribution in [0, 0.1) is 0 Å². The van der Waals surface area contributed by atoms with Gasteiger partial charge in [-0.15, -0.1) is 0 Å². The third kappa shape index (κ3) is 2.48. The summed E-state index contributed by atoms with van der Waals surface area (Å²) in [6.07, 6.45) is 3.20. The SMILES string of the molecule is CN1CCSCC1C(O)c1cccc2cnccc12. The zero-order valence-electron chi connectivity index (χ0n) is 11.0. The van der Waals surface area contributed by atoms with Crippen molar-refractivity contribution in [1.29, 1.82) is 0 Å². The maximum Gasteiger partial charge on any atom is 0.0959 e. The van der Waals surface area contributed by atoms with Gasteiger partial charge in [0.15, 0.2) is 0 Å². The van der Waals surface area contributed by atoms with Crippen LogP contribution in [-0.4, -0.2) is 46.1 Å². The number of thioether (sulfide) groups is 1. The quantitative estimate of drug-likeness (QED) is 0.912. The third-order valence-electron chi connectivity index (χ3n) is 3.84. The minimum Gasteiger partial charge on any atom is -0.387 e. The molecular formula is C15H18N2OS. The highest BCUT2D eigenvalue weighted by Crippen LogP contribution is 2.30. The van der Waals surface area contributed by atoms with Gasteiger partial charge in [-0.05, 0) is 24.1 Å². The van der Waals surface area contributed by atoms with Crippen LogP contribution in [-0.2, 0) is 0 Å². The van der Waals surface area contributed by atoms with Crippen molar-refractivity contribution in [3.8, 4) is 0 Å². The van der Waals surface area contributed by atoms with Gasteiger partial charge in [-0.3, -0.25) is 9.88 Å². The molecule has 1 aromatic carbocycles. The lowest BCUT2D eigenvalue weighted by Crippen LogP contribution is -2.43. The Labute approximate surface area is 117 Å². The standard InChI is InChI=1S/C15H18N2OS/c1-17-7-8-19-10-14(17)15(18)13-4-2-3-11-9-16-6-5-12(11)13/h2-6,9,14-15,18H,7-8,10H2,1H3. The van der Waals surface area contributed by atoms with E-state index < -0.39 is 6.10 Å². The number of fused-ring (bicyclic) bond motifs is 1. The highest BCUT2D eigenvalue weighted by Gasteiger charge is 2.28. The Kier molecular flexibility index (Phi) is 3.73. The summed E-state index contributed by atoms with van der Waals surface area (Å²) in [5, 5.41) is 12.9. The predicted octanol–water partition coefficient (Wildman–Crippen LogP) is 2.32. The number of rotatable bonds is 2. The smallest absolute Gasteiger partial charge is 0.0959 e. The molecule has 1 aliphatic heterocycles. The van der Waals surface area contributed by atoms with Gasteiger partial charge in [-0.1, -0.05) is 18.2 Å². The lowest BCUT2D eigenvalue weighted by atomic mass is 9.97. The second-order valence-corrected chi connectivity index (χ2v) is 6.16. The van der Waals surface area contributed by atoms with E-state index in [1.807, 2.05) is 42.2 Å². The molecule has 2 aromatic rings. The highest BCUT2D eigenvalue weighted by atomic mass is 32.2. The van der Waals surface area contributed by atoms with Gasteiger partial charge < -0.3 is 5.11 Å². The summed E-state index contributed by atoms with van der Waals surface area (Å²) in [6.45, 7) is 1.04. The summed E-state index contributed by atoms with van der Waals surface area (Å²) in [6, 6.07) is 8.25. The first-order valence-corrected chi connectivity index (χ1v) is 7.71. The molecule has 1 aliphatic rings. The van der Waals surface area contributed by atoms with E-state index in [-0.39, 0.29) is 6.04 Å². The average molecular weight is 274 g/mol. The number of likely N-dealkylation sites (N-methyl/N-ethyl adjacent to an activating group) is 1. The van der Waals surface area contributed by atoms with E-state index in [9.17, 15) is 5.11 Å². The van der Waals surface area contributed by atoms with Crippen LogP contribution in [0.3, 0.4) is 0 Å². The molecule has 2 heterocycles. The fourth-order valence-electron chi connectivity index (χ4n) is 2.65. The summed E-state index contributed by atoms with van der Waals surface area (Å²) in [7, 11) is 2.10. The van der Waals surface area contributed by atoms with Crippen LogP contribution in [0.5, 0.6) is 0 Å². The Hall–Kier alpha value is -1.10. The molecule has 100 valence electrons. The van der Waals surface area contributed by atoms with E-state index in [2.05, 4.69) is 16.9 Å². The molecule has 3 rings (SSSR count). The molecule has 4 heteroatoms. The van der Waals surface area contributed by atoms with Crippen molar-refractivity contribution < 1.29 is 5.11 Å². The molecule has 2 unspecified atom stereocenters. The molecule has 0 aliphatic carbocycles.